The molecule has 1 fully saturated rings. The first-order valence-corrected chi connectivity index (χ1v) is 8.52. The van der Waals surface area contributed by atoms with Crippen molar-refractivity contribution < 1.29 is 18.3 Å². The van der Waals surface area contributed by atoms with E-state index < -0.39 is 12.5 Å². The quantitative estimate of drug-likeness (QED) is 0.676. The van der Waals surface area contributed by atoms with Gasteiger partial charge in [0, 0.05) is 23.5 Å². The average molecular weight is 386 g/mol. The largest absolute Gasteiger partial charge is 0.442 e. The lowest BCUT2D eigenvalue weighted by atomic mass is 10.2. The molecule has 0 spiro atoms. The van der Waals surface area contributed by atoms with E-state index >= 15 is 0 Å². The monoisotopic (exact) mass is 386 g/mol. The lowest BCUT2D eigenvalue weighted by molar-refractivity contribution is 0.129. The smallest absolute Gasteiger partial charge is 0.407 e. The number of amides is 1. The summed E-state index contributed by atoms with van der Waals surface area (Å²) >= 11 is 0. The molecular weight excluding hydrogens is 370 g/mol. The van der Waals surface area contributed by atoms with Crippen molar-refractivity contribution in [3.63, 3.8) is 0 Å². The molecule has 1 atom stereocenters. The van der Waals surface area contributed by atoms with E-state index in [2.05, 4.69) is 25.7 Å². The number of hydrogen-bond donors (Lipinski definition) is 2. The molecule has 1 aliphatic rings. The predicted molar refractivity (Wildman–Crippen MR) is 96.2 cm³/mol. The van der Waals surface area contributed by atoms with Gasteiger partial charge in [-0.15, -0.1) is 0 Å². The number of anilines is 2. The van der Waals surface area contributed by atoms with Crippen LogP contribution < -0.4 is 10.6 Å². The van der Waals surface area contributed by atoms with Crippen molar-refractivity contribution in [2.24, 2.45) is 0 Å². The Hall–Kier alpha value is -3.56. The third-order valence-electron chi connectivity index (χ3n) is 4.11. The summed E-state index contributed by atoms with van der Waals surface area (Å²) in [5.74, 6) is 0.756. The zero-order valence-corrected chi connectivity index (χ0v) is 14.5. The van der Waals surface area contributed by atoms with Gasteiger partial charge in [-0.25, -0.2) is 23.5 Å². The minimum Gasteiger partial charge on any atom is -0.442 e. The van der Waals surface area contributed by atoms with Crippen LogP contribution in [0.2, 0.25) is 0 Å². The molecule has 0 radical (unpaired) electrons. The van der Waals surface area contributed by atoms with Gasteiger partial charge in [-0.1, -0.05) is 6.07 Å². The number of halogens is 2. The third kappa shape index (κ3) is 4.05. The molecule has 3 aromatic heterocycles. The molecular formula is C18H16F2N6O2. The van der Waals surface area contributed by atoms with E-state index in [0.29, 0.717) is 24.6 Å². The van der Waals surface area contributed by atoms with Crippen molar-refractivity contribution in [1.82, 2.24) is 25.1 Å². The molecule has 10 heteroatoms. The number of carbonyl (C=O) groups excluding carboxylic acids is 1. The fraction of sp³-hybridized carbons (Fsp3) is 0.222. The average Bonchev–Trinajstić information content (AvgIpc) is 3.31. The molecule has 0 aliphatic carbocycles. The molecule has 28 heavy (non-hydrogen) atoms. The summed E-state index contributed by atoms with van der Waals surface area (Å²) < 4.78 is 32.4. The highest BCUT2D eigenvalue weighted by Crippen LogP contribution is 2.23. The van der Waals surface area contributed by atoms with E-state index in [4.69, 9.17) is 4.74 Å². The molecule has 144 valence electrons. The van der Waals surface area contributed by atoms with Gasteiger partial charge in [0.2, 0.25) is 0 Å². The number of nitrogens with one attached hydrogen (secondary N) is 2. The number of alkyl halides is 2. The zero-order chi connectivity index (χ0) is 19.5. The van der Waals surface area contributed by atoms with Crippen LogP contribution in [0.15, 0.2) is 48.9 Å². The summed E-state index contributed by atoms with van der Waals surface area (Å²) in [6.45, 7) is 0.872. The van der Waals surface area contributed by atoms with Crippen LogP contribution in [0, 0.1) is 0 Å². The number of nitrogens with zero attached hydrogens (tertiary/aromatic N) is 4. The van der Waals surface area contributed by atoms with Gasteiger partial charge in [0.05, 0.1) is 25.0 Å². The number of rotatable bonds is 6. The maximum atomic E-state index is 12.8. The van der Waals surface area contributed by atoms with Crippen molar-refractivity contribution in [1.29, 1.82) is 0 Å². The summed E-state index contributed by atoms with van der Waals surface area (Å²) in [5, 5.41) is 9.79. The topological polar surface area (TPSA) is 94.0 Å². The summed E-state index contributed by atoms with van der Waals surface area (Å²) in [6.07, 6.45) is 1.52. The first-order valence-electron chi connectivity index (χ1n) is 8.52. The lowest BCUT2D eigenvalue weighted by Crippen LogP contribution is -2.20. The lowest BCUT2D eigenvalue weighted by Gasteiger charge is -2.08. The van der Waals surface area contributed by atoms with Gasteiger partial charge < -0.3 is 15.4 Å². The van der Waals surface area contributed by atoms with Crippen LogP contribution in [0.1, 0.15) is 12.0 Å². The van der Waals surface area contributed by atoms with E-state index in [9.17, 15) is 13.6 Å². The van der Waals surface area contributed by atoms with Crippen LogP contribution in [0.4, 0.5) is 25.2 Å². The van der Waals surface area contributed by atoms with Crippen LogP contribution in [0.5, 0.6) is 0 Å². The molecule has 1 saturated heterocycles. The van der Waals surface area contributed by atoms with Crippen LogP contribution >= 0.6 is 0 Å². The van der Waals surface area contributed by atoms with Crippen molar-refractivity contribution in [2.45, 2.75) is 19.1 Å². The van der Waals surface area contributed by atoms with E-state index in [0.717, 1.165) is 5.56 Å². The summed E-state index contributed by atoms with van der Waals surface area (Å²) in [6, 6.07) is 7.88. The number of carbonyl (C=O) groups is 1. The van der Waals surface area contributed by atoms with Gasteiger partial charge in [-0.05, 0) is 24.3 Å². The zero-order valence-electron chi connectivity index (χ0n) is 14.5. The van der Waals surface area contributed by atoms with Crippen LogP contribution in [0.25, 0.3) is 11.3 Å². The second kappa shape index (κ2) is 7.59. The Labute approximate surface area is 158 Å². The predicted octanol–water partition coefficient (Wildman–Crippen LogP) is 3.13. The van der Waals surface area contributed by atoms with Crippen molar-refractivity contribution in [3.8, 4) is 11.3 Å². The van der Waals surface area contributed by atoms with Crippen molar-refractivity contribution in [2.75, 3.05) is 11.9 Å². The van der Waals surface area contributed by atoms with E-state index in [1.54, 1.807) is 29.2 Å². The fourth-order valence-electron chi connectivity index (χ4n) is 2.79. The number of ether oxygens (including phenoxy) is 1. The van der Waals surface area contributed by atoms with Gasteiger partial charge in [0.1, 0.15) is 17.7 Å². The Morgan fingerprint density at radius 3 is 3.00 bits per heavy atom. The molecule has 3 aromatic rings. The van der Waals surface area contributed by atoms with Crippen molar-refractivity contribution in [3.05, 3.63) is 54.5 Å². The van der Waals surface area contributed by atoms with Gasteiger partial charge in [-0.3, -0.25) is 4.68 Å². The molecule has 0 aromatic carbocycles. The summed E-state index contributed by atoms with van der Waals surface area (Å²) in [7, 11) is 0. The molecule has 8 nitrogen and oxygen atoms in total. The standard InChI is InChI=1S/C18H16F2N6O2/c19-17(20)11-4-5-21-16(6-11)25-15-3-1-2-14(24-15)12-7-23-26(9-12)10-13-8-22-18(27)28-13/h1-7,9,13,17H,8,10H2,(H,22,27)(H,21,24,25). The molecule has 4 heterocycles. The van der Waals surface area contributed by atoms with Gasteiger partial charge in [0.25, 0.3) is 6.43 Å². The van der Waals surface area contributed by atoms with Crippen LogP contribution in [0.3, 0.4) is 0 Å². The number of aromatic nitrogens is 4. The van der Waals surface area contributed by atoms with Crippen LogP contribution in [-0.4, -0.2) is 38.5 Å². The molecule has 0 saturated carbocycles. The minimum atomic E-state index is -2.57. The van der Waals surface area contributed by atoms with Gasteiger partial charge in [-0.2, -0.15) is 5.10 Å². The Kier molecular flexibility index (Phi) is 4.83. The minimum absolute atomic E-state index is 0.114. The normalized spacial score (nSPS) is 16.1. The first kappa shape index (κ1) is 17.8. The molecule has 1 unspecified atom stereocenters. The highest BCUT2D eigenvalue weighted by Gasteiger charge is 2.23. The second-order valence-electron chi connectivity index (χ2n) is 6.17. The molecule has 2 N–H and O–H groups in total. The molecule has 1 amide bonds. The summed E-state index contributed by atoms with van der Waals surface area (Å²) in [5.41, 5.74) is 1.31. The number of alkyl carbamates (subject to hydrolysis) is 1. The Morgan fingerprint density at radius 2 is 2.21 bits per heavy atom. The van der Waals surface area contributed by atoms with Gasteiger partial charge in [0.15, 0.2) is 0 Å². The number of pyridine rings is 2. The highest BCUT2D eigenvalue weighted by atomic mass is 19.3. The Bertz CT molecular complexity index is 993. The van der Waals surface area contributed by atoms with Crippen molar-refractivity contribution >= 4 is 17.7 Å². The van der Waals surface area contributed by atoms with Gasteiger partial charge >= 0.3 is 6.09 Å². The summed E-state index contributed by atoms with van der Waals surface area (Å²) in [4.78, 5) is 19.6. The van der Waals surface area contributed by atoms with Crippen LogP contribution in [-0.2, 0) is 11.3 Å². The Balaban J connectivity index is 1.48. The molecule has 0 bridgehead atoms. The van der Waals surface area contributed by atoms with E-state index in [1.807, 2.05) is 6.07 Å². The molecule has 4 rings (SSSR count). The maximum absolute atomic E-state index is 12.8. The number of cyclic esters (lactones) is 1. The van der Waals surface area contributed by atoms with E-state index in [-0.39, 0.29) is 17.5 Å². The maximum Gasteiger partial charge on any atom is 0.407 e. The first-order chi connectivity index (χ1) is 13.6. The molecule has 1 aliphatic heterocycles. The highest BCUT2D eigenvalue weighted by molar-refractivity contribution is 5.69. The Morgan fingerprint density at radius 1 is 1.32 bits per heavy atom. The SMILES string of the molecule is O=C1NCC(Cn2cc(-c3cccc(Nc4cc(C(F)F)ccn4)n3)cn2)O1. The number of hydrogen-bond acceptors (Lipinski definition) is 6. The third-order valence-corrected chi connectivity index (χ3v) is 4.11. The van der Waals surface area contributed by atoms with E-state index in [1.165, 1.54) is 18.3 Å². The second-order valence-corrected chi connectivity index (χ2v) is 6.17. The fourth-order valence-corrected chi connectivity index (χ4v) is 2.79.